The topological polar surface area (TPSA) is 46.2 Å². The number of benzene rings is 1. The van der Waals surface area contributed by atoms with E-state index in [-0.39, 0.29) is 22.9 Å². The van der Waals surface area contributed by atoms with E-state index in [2.05, 4.69) is 19.2 Å². The lowest BCUT2D eigenvalue weighted by molar-refractivity contribution is -0.118. The molecule has 126 valence electrons. The zero-order chi connectivity index (χ0) is 17.6. The molecule has 1 N–H and O–H groups in total. The van der Waals surface area contributed by atoms with Crippen LogP contribution >= 0.6 is 11.6 Å². The maximum atomic E-state index is 12.9. The molecule has 0 aromatic heterocycles. The fourth-order valence-corrected chi connectivity index (χ4v) is 4.02. The highest BCUT2D eigenvalue weighted by Gasteiger charge is 2.41. The van der Waals surface area contributed by atoms with E-state index in [9.17, 15) is 9.59 Å². The van der Waals surface area contributed by atoms with Crippen LogP contribution in [0.3, 0.4) is 0 Å². The number of Topliss-reactive ketones (excluding diaryl/α,β-unsaturated/α-hetero) is 2. The molecule has 3 rings (SSSR count). The number of dihydropyridines is 1. The summed E-state index contributed by atoms with van der Waals surface area (Å²) in [6.45, 7) is 7.68. The van der Waals surface area contributed by atoms with Crippen molar-refractivity contribution in [3.8, 4) is 0 Å². The quantitative estimate of drug-likeness (QED) is 0.857. The summed E-state index contributed by atoms with van der Waals surface area (Å²) in [4.78, 5) is 25.2. The van der Waals surface area contributed by atoms with Crippen molar-refractivity contribution in [1.29, 1.82) is 0 Å². The molecule has 0 saturated heterocycles. The third-order valence-electron chi connectivity index (χ3n) is 4.82. The molecule has 2 aliphatic rings. The molecule has 4 heteroatoms. The van der Waals surface area contributed by atoms with E-state index in [1.54, 1.807) is 6.92 Å². The predicted octanol–water partition coefficient (Wildman–Crippen LogP) is 4.53. The van der Waals surface area contributed by atoms with Crippen LogP contribution in [0.5, 0.6) is 0 Å². The second kappa shape index (κ2) is 5.89. The monoisotopic (exact) mass is 343 g/mol. The van der Waals surface area contributed by atoms with Crippen molar-refractivity contribution in [3.63, 3.8) is 0 Å². The highest BCUT2D eigenvalue weighted by Crippen LogP contribution is 2.46. The second-order valence-electron chi connectivity index (χ2n) is 7.54. The van der Waals surface area contributed by atoms with Crippen LogP contribution in [-0.4, -0.2) is 11.6 Å². The smallest absolute Gasteiger partial charge is 0.162 e. The summed E-state index contributed by atoms with van der Waals surface area (Å²) in [6, 6.07) is 7.44. The SMILES string of the molecule is CC(=O)C1=C(C)NC2=C(C(=O)CC(C)(C)C2)C1c1ccc(Cl)cc1. The minimum atomic E-state index is -0.306. The number of allylic oxidation sites excluding steroid dienone is 4. The normalized spacial score (nSPS) is 23.0. The molecule has 1 unspecified atom stereocenters. The van der Waals surface area contributed by atoms with Gasteiger partial charge in [0.1, 0.15) is 0 Å². The van der Waals surface area contributed by atoms with Gasteiger partial charge in [0.05, 0.1) is 0 Å². The molecule has 1 aliphatic heterocycles. The van der Waals surface area contributed by atoms with Crippen LogP contribution in [0.2, 0.25) is 5.02 Å². The van der Waals surface area contributed by atoms with Gasteiger partial charge in [-0.05, 0) is 43.4 Å². The van der Waals surface area contributed by atoms with E-state index >= 15 is 0 Å². The molecule has 0 fully saturated rings. The molecule has 24 heavy (non-hydrogen) atoms. The number of nitrogens with one attached hydrogen (secondary N) is 1. The Labute approximate surface area is 147 Å². The van der Waals surface area contributed by atoms with Crippen LogP contribution in [-0.2, 0) is 9.59 Å². The summed E-state index contributed by atoms with van der Waals surface area (Å²) in [5.41, 5.74) is 4.08. The van der Waals surface area contributed by atoms with Gasteiger partial charge in [0.25, 0.3) is 0 Å². The number of rotatable bonds is 2. The van der Waals surface area contributed by atoms with Gasteiger partial charge in [0.15, 0.2) is 11.6 Å². The van der Waals surface area contributed by atoms with Crippen LogP contribution < -0.4 is 5.32 Å². The Morgan fingerprint density at radius 3 is 2.42 bits per heavy atom. The average Bonchev–Trinajstić information content (AvgIpc) is 2.44. The number of ketones is 2. The van der Waals surface area contributed by atoms with Crippen molar-refractivity contribution in [2.24, 2.45) is 5.41 Å². The Balaban J connectivity index is 2.19. The first-order valence-electron chi connectivity index (χ1n) is 8.20. The van der Waals surface area contributed by atoms with Gasteiger partial charge in [-0.25, -0.2) is 0 Å². The van der Waals surface area contributed by atoms with Gasteiger partial charge in [-0.3, -0.25) is 9.59 Å². The second-order valence-corrected chi connectivity index (χ2v) is 7.97. The first-order valence-corrected chi connectivity index (χ1v) is 8.58. The van der Waals surface area contributed by atoms with E-state index in [1.807, 2.05) is 31.2 Å². The van der Waals surface area contributed by atoms with E-state index < -0.39 is 0 Å². The summed E-state index contributed by atoms with van der Waals surface area (Å²) < 4.78 is 0. The molecule has 1 atom stereocenters. The summed E-state index contributed by atoms with van der Waals surface area (Å²) in [5, 5.41) is 3.98. The minimum Gasteiger partial charge on any atom is -0.362 e. The van der Waals surface area contributed by atoms with E-state index in [0.717, 1.165) is 29.0 Å². The van der Waals surface area contributed by atoms with Crippen molar-refractivity contribution < 1.29 is 9.59 Å². The molecule has 3 nitrogen and oxygen atoms in total. The molecular formula is C20H22ClNO2. The Bertz CT molecular complexity index is 784. The molecule has 1 aromatic rings. The Hall–Kier alpha value is -1.87. The molecule has 0 spiro atoms. The Morgan fingerprint density at radius 1 is 1.21 bits per heavy atom. The van der Waals surface area contributed by atoms with Gasteiger partial charge in [-0.15, -0.1) is 0 Å². The van der Waals surface area contributed by atoms with Gasteiger partial charge in [0.2, 0.25) is 0 Å². The standard InChI is InChI=1S/C20H22ClNO2/c1-11-17(12(2)23)18(13-5-7-14(21)8-6-13)19-15(22-11)9-20(3,4)10-16(19)24/h5-8,18,22H,9-10H2,1-4H3. The Kier molecular flexibility index (Phi) is 4.16. The zero-order valence-corrected chi connectivity index (χ0v) is 15.3. The molecule has 1 heterocycles. The summed E-state index contributed by atoms with van der Waals surface area (Å²) >= 11 is 6.01. The number of hydrogen-bond acceptors (Lipinski definition) is 3. The van der Waals surface area contributed by atoms with Gasteiger partial charge >= 0.3 is 0 Å². The lowest BCUT2D eigenvalue weighted by atomic mass is 9.68. The number of hydrogen-bond donors (Lipinski definition) is 1. The minimum absolute atomic E-state index is 0.0101. The van der Waals surface area contributed by atoms with Gasteiger partial charge in [-0.1, -0.05) is 37.6 Å². The fourth-order valence-electron chi connectivity index (χ4n) is 3.89. The maximum absolute atomic E-state index is 12.9. The van der Waals surface area contributed by atoms with Gasteiger partial charge in [-0.2, -0.15) is 0 Å². The largest absolute Gasteiger partial charge is 0.362 e. The summed E-state index contributed by atoms with van der Waals surface area (Å²) in [7, 11) is 0. The summed E-state index contributed by atoms with van der Waals surface area (Å²) in [5.74, 6) is -0.191. The third-order valence-corrected chi connectivity index (χ3v) is 5.07. The van der Waals surface area contributed by atoms with Gasteiger partial charge < -0.3 is 5.32 Å². The average molecular weight is 344 g/mol. The van der Waals surface area contributed by atoms with Crippen molar-refractivity contribution in [1.82, 2.24) is 5.32 Å². The maximum Gasteiger partial charge on any atom is 0.162 e. The van der Waals surface area contributed by atoms with E-state index in [0.29, 0.717) is 17.0 Å². The molecule has 0 amide bonds. The lowest BCUT2D eigenvalue weighted by Crippen LogP contribution is -2.38. The molecule has 1 aliphatic carbocycles. The number of halogens is 1. The van der Waals surface area contributed by atoms with Crippen LogP contribution in [0.15, 0.2) is 46.8 Å². The highest BCUT2D eigenvalue weighted by molar-refractivity contribution is 6.30. The third kappa shape index (κ3) is 2.93. The summed E-state index contributed by atoms with van der Waals surface area (Å²) in [6.07, 6.45) is 1.31. The van der Waals surface area contributed by atoms with Crippen LogP contribution in [0.1, 0.15) is 52.0 Å². The molecule has 0 saturated carbocycles. The lowest BCUT2D eigenvalue weighted by Gasteiger charge is -2.39. The van der Waals surface area contributed by atoms with Crippen LogP contribution in [0, 0.1) is 5.41 Å². The zero-order valence-electron chi connectivity index (χ0n) is 14.5. The molecular weight excluding hydrogens is 322 g/mol. The highest BCUT2D eigenvalue weighted by atomic mass is 35.5. The van der Waals surface area contributed by atoms with Crippen molar-refractivity contribution >= 4 is 23.2 Å². The van der Waals surface area contributed by atoms with Crippen LogP contribution in [0.4, 0.5) is 0 Å². The predicted molar refractivity (Wildman–Crippen MR) is 95.8 cm³/mol. The number of carbonyl (C=O) groups excluding carboxylic acids is 2. The molecule has 1 aromatic carbocycles. The molecule has 0 radical (unpaired) electrons. The molecule has 0 bridgehead atoms. The first kappa shape index (κ1) is 17.0. The van der Waals surface area contributed by atoms with E-state index in [4.69, 9.17) is 11.6 Å². The van der Waals surface area contributed by atoms with Crippen molar-refractivity contribution in [2.45, 2.75) is 46.5 Å². The number of carbonyl (C=O) groups is 2. The fraction of sp³-hybridized carbons (Fsp3) is 0.400. The van der Waals surface area contributed by atoms with Gasteiger partial charge in [0, 0.05) is 39.9 Å². The first-order chi connectivity index (χ1) is 11.2. The van der Waals surface area contributed by atoms with Crippen LogP contribution in [0.25, 0.3) is 0 Å². The van der Waals surface area contributed by atoms with E-state index in [1.165, 1.54) is 0 Å². The Morgan fingerprint density at radius 2 is 1.83 bits per heavy atom. The van der Waals surface area contributed by atoms with Crippen molar-refractivity contribution in [3.05, 3.63) is 57.4 Å². The van der Waals surface area contributed by atoms with Crippen molar-refractivity contribution in [2.75, 3.05) is 0 Å².